The summed E-state index contributed by atoms with van der Waals surface area (Å²) in [6.07, 6.45) is 2.94. The van der Waals surface area contributed by atoms with Crippen molar-refractivity contribution in [3.05, 3.63) is 95.0 Å². The highest BCUT2D eigenvalue weighted by molar-refractivity contribution is 6.31. The second kappa shape index (κ2) is 9.11. The summed E-state index contributed by atoms with van der Waals surface area (Å²) in [6, 6.07) is 20.1. The minimum atomic E-state index is -0.414. The van der Waals surface area contributed by atoms with Crippen molar-refractivity contribution in [2.24, 2.45) is 5.10 Å². The molecule has 4 aromatic rings. The molecule has 0 spiro atoms. The van der Waals surface area contributed by atoms with Crippen LogP contribution in [-0.4, -0.2) is 22.3 Å². The third kappa shape index (κ3) is 4.76. The number of H-pyrrole nitrogens is 1. The lowest BCUT2D eigenvalue weighted by atomic mass is 10.1. The first-order chi connectivity index (χ1) is 14.7. The Hall–Kier alpha value is -3.84. The van der Waals surface area contributed by atoms with Gasteiger partial charge in [0, 0.05) is 16.1 Å². The Morgan fingerprint density at radius 3 is 2.90 bits per heavy atom. The molecule has 150 valence electrons. The van der Waals surface area contributed by atoms with Gasteiger partial charge in [-0.15, -0.1) is 0 Å². The molecule has 30 heavy (non-hydrogen) atoms. The summed E-state index contributed by atoms with van der Waals surface area (Å²) in [5.74, 6) is 0.793. The molecule has 1 amide bonds. The Labute approximate surface area is 177 Å². The van der Waals surface area contributed by atoms with E-state index >= 15 is 0 Å². The molecule has 0 bridgehead atoms. The normalized spacial score (nSPS) is 11.0. The second-order valence-corrected chi connectivity index (χ2v) is 6.70. The molecule has 2 aromatic carbocycles. The van der Waals surface area contributed by atoms with Gasteiger partial charge in [-0.25, -0.2) is 5.43 Å². The number of ether oxygens (including phenoxy) is 1. The zero-order valence-electron chi connectivity index (χ0n) is 15.7. The van der Waals surface area contributed by atoms with E-state index < -0.39 is 5.91 Å². The smallest absolute Gasteiger partial charge is 0.289 e. The number of hydrogen-bond donors (Lipinski definition) is 2. The molecular formula is C22H17ClN4O3. The number of amides is 1. The van der Waals surface area contributed by atoms with E-state index in [0.717, 1.165) is 11.1 Å². The molecule has 0 aliphatic carbocycles. The predicted molar refractivity (Wildman–Crippen MR) is 114 cm³/mol. The number of hydrogen-bond acceptors (Lipinski definition) is 5. The number of halogens is 1. The summed E-state index contributed by atoms with van der Waals surface area (Å²) in [6.45, 7) is 0.352. The fourth-order valence-electron chi connectivity index (χ4n) is 2.69. The number of nitrogens with zero attached hydrogens (tertiary/aromatic N) is 2. The molecule has 7 nitrogen and oxygen atoms in total. The Morgan fingerprint density at radius 1 is 1.17 bits per heavy atom. The number of furan rings is 1. The van der Waals surface area contributed by atoms with E-state index in [4.69, 9.17) is 20.8 Å². The van der Waals surface area contributed by atoms with E-state index in [-0.39, 0.29) is 5.69 Å². The van der Waals surface area contributed by atoms with Crippen molar-refractivity contribution in [2.75, 3.05) is 0 Å². The quantitative estimate of drug-likeness (QED) is 0.336. The van der Waals surface area contributed by atoms with E-state index in [1.54, 1.807) is 18.2 Å². The molecule has 0 saturated heterocycles. The first-order valence-corrected chi connectivity index (χ1v) is 9.46. The van der Waals surface area contributed by atoms with Gasteiger partial charge in [-0.2, -0.15) is 10.2 Å². The van der Waals surface area contributed by atoms with Crippen LogP contribution in [0, 0.1) is 0 Å². The fourth-order valence-corrected chi connectivity index (χ4v) is 2.88. The van der Waals surface area contributed by atoms with Gasteiger partial charge in [0.05, 0.1) is 18.2 Å². The number of benzene rings is 2. The first-order valence-electron chi connectivity index (χ1n) is 9.08. The topological polar surface area (TPSA) is 92.5 Å². The van der Waals surface area contributed by atoms with E-state index in [0.29, 0.717) is 28.8 Å². The molecular weight excluding hydrogens is 404 g/mol. The molecule has 0 aliphatic rings. The molecule has 0 atom stereocenters. The van der Waals surface area contributed by atoms with Gasteiger partial charge in [-0.3, -0.25) is 9.89 Å². The number of aromatic nitrogens is 2. The minimum absolute atomic E-state index is 0.281. The number of nitrogens with one attached hydrogen (secondary N) is 2. The van der Waals surface area contributed by atoms with Crippen LogP contribution in [0.5, 0.6) is 5.75 Å². The van der Waals surface area contributed by atoms with E-state index in [1.165, 1.54) is 12.5 Å². The lowest BCUT2D eigenvalue weighted by Crippen LogP contribution is -2.17. The summed E-state index contributed by atoms with van der Waals surface area (Å²) in [5, 5.41) is 11.4. The van der Waals surface area contributed by atoms with Crippen molar-refractivity contribution in [3.63, 3.8) is 0 Å². The highest BCUT2D eigenvalue weighted by Crippen LogP contribution is 2.24. The van der Waals surface area contributed by atoms with Crippen LogP contribution in [0.3, 0.4) is 0 Å². The summed E-state index contributed by atoms with van der Waals surface area (Å²) in [7, 11) is 0. The average Bonchev–Trinajstić information content (AvgIpc) is 3.46. The summed E-state index contributed by atoms with van der Waals surface area (Å²) in [5.41, 5.74) is 5.02. The number of carbonyl (C=O) groups excluding carboxylic acids is 1. The molecule has 4 rings (SSSR count). The van der Waals surface area contributed by atoms with Crippen molar-refractivity contribution < 1.29 is 13.9 Å². The van der Waals surface area contributed by atoms with Crippen LogP contribution >= 0.6 is 11.6 Å². The minimum Gasteiger partial charge on any atom is -0.489 e. The van der Waals surface area contributed by atoms with Gasteiger partial charge in [-0.1, -0.05) is 41.9 Å². The van der Waals surface area contributed by atoms with Crippen LogP contribution in [0.25, 0.3) is 11.3 Å². The average molecular weight is 421 g/mol. The van der Waals surface area contributed by atoms with Gasteiger partial charge < -0.3 is 9.15 Å². The number of aromatic amines is 1. The van der Waals surface area contributed by atoms with Gasteiger partial charge in [-0.05, 0) is 36.4 Å². The lowest BCUT2D eigenvalue weighted by molar-refractivity contribution is 0.0950. The Bertz CT molecular complexity index is 1170. The van der Waals surface area contributed by atoms with Gasteiger partial charge in [0.25, 0.3) is 5.91 Å². The van der Waals surface area contributed by atoms with Gasteiger partial charge >= 0.3 is 0 Å². The SMILES string of the molecule is O=C(N/N=C/c1ccco1)c1cc(-c2cccc(OCc3ccccc3Cl)c2)n[nH]1. The van der Waals surface area contributed by atoms with Crippen LogP contribution in [0.1, 0.15) is 21.8 Å². The Balaban J connectivity index is 1.41. The molecule has 0 aliphatic heterocycles. The van der Waals surface area contributed by atoms with Crippen LogP contribution in [0.2, 0.25) is 5.02 Å². The molecule has 2 aromatic heterocycles. The number of rotatable bonds is 7. The maximum absolute atomic E-state index is 12.2. The Kier molecular flexibility index (Phi) is 5.91. The molecule has 0 unspecified atom stereocenters. The maximum atomic E-state index is 12.2. The summed E-state index contributed by atoms with van der Waals surface area (Å²) >= 11 is 6.17. The van der Waals surface area contributed by atoms with E-state index in [2.05, 4.69) is 20.7 Å². The van der Waals surface area contributed by atoms with Crippen molar-refractivity contribution in [3.8, 4) is 17.0 Å². The van der Waals surface area contributed by atoms with Crippen LogP contribution in [0.4, 0.5) is 0 Å². The summed E-state index contributed by atoms with van der Waals surface area (Å²) in [4.78, 5) is 12.2. The third-order valence-corrected chi connectivity index (χ3v) is 4.57. The number of hydrazone groups is 1. The molecule has 2 heterocycles. The third-order valence-electron chi connectivity index (χ3n) is 4.21. The van der Waals surface area contributed by atoms with E-state index in [9.17, 15) is 4.79 Å². The molecule has 2 N–H and O–H groups in total. The fraction of sp³-hybridized carbons (Fsp3) is 0.0455. The number of carbonyl (C=O) groups is 1. The van der Waals surface area contributed by atoms with Gasteiger partial charge in [0.1, 0.15) is 23.8 Å². The van der Waals surface area contributed by atoms with Crippen LogP contribution in [-0.2, 0) is 6.61 Å². The largest absolute Gasteiger partial charge is 0.489 e. The van der Waals surface area contributed by atoms with Gasteiger partial charge in [0.2, 0.25) is 0 Å². The monoisotopic (exact) mass is 420 g/mol. The highest BCUT2D eigenvalue weighted by atomic mass is 35.5. The van der Waals surface area contributed by atoms with Crippen LogP contribution < -0.4 is 10.2 Å². The van der Waals surface area contributed by atoms with Crippen molar-refractivity contribution in [2.45, 2.75) is 6.61 Å². The molecule has 0 fully saturated rings. The van der Waals surface area contributed by atoms with E-state index in [1.807, 2.05) is 48.5 Å². The van der Waals surface area contributed by atoms with Crippen molar-refractivity contribution in [1.82, 2.24) is 15.6 Å². The lowest BCUT2D eigenvalue weighted by Gasteiger charge is -2.08. The van der Waals surface area contributed by atoms with Crippen LogP contribution in [0.15, 0.2) is 82.5 Å². The van der Waals surface area contributed by atoms with Gasteiger partial charge in [0.15, 0.2) is 0 Å². The molecule has 8 heteroatoms. The standard InChI is InChI=1S/C22H17ClN4O3/c23-19-9-2-1-5-16(19)14-30-17-7-3-6-15(11-17)20-12-21(26-25-20)22(28)27-24-13-18-8-4-10-29-18/h1-13H,14H2,(H,25,26)(H,27,28)/b24-13+. The Morgan fingerprint density at radius 2 is 2.07 bits per heavy atom. The molecule has 0 saturated carbocycles. The predicted octanol–water partition coefficient (Wildman–Crippen LogP) is 4.67. The molecule has 0 radical (unpaired) electrons. The van der Waals surface area contributed by atoms with Crippen molar-refractivity contribution in [1.29, 1.82) is 0 Å². The second-order valence-electron chi connectivity index (χ2n) is 6.29. The maximum Gasteiger partial charge on any atom is 0.289 e. The van der Waals surface area contributed by atoms with Crippen molar-refractivity contribution >= 4 is 23.7 Å². The highest BCUT2D eigenvalue weighted by Gasteiger charge is 2.11. The summed E-state index contributed by atoms with van der Waals surface area (Å²) < 4.78 is 11.0. The zero-order valence-corrected chi connectivity index (χ0v) is 16.5. The zero-order chi connectivity index (χ0) is 20.8. The first kappa shape index (κ1) is 19.5.